The largest absolute Gasteiger partial charge is 0.493 e. The molecule has 5 nitrogen and oxygen atoms in total. The van der Waals surface area contributed by atoms with E-state index in [4.69, 9.17) is 9.47 Å². The van der Waals surface area contributed by atoms with E-state index in [1.165, 1.54) is 11.3 Å². The minimum absolute atomic E-state index is 0.401. The van der Waals surface area contributed by atoms with Gasteiger partial charge in [-0.2, -0.15) is 5.10 Å². The number of aromatic nitrogens is 1. The van der Waals surface area contributed by atoms with Crippen LogP contribution in [-0.2, 0) is 0 Å². The van der Waals surface area contributed by atoms with Gasteiger partial charge in [0.15, 0.2) is 11.5 Å². The van der Waals surface area contributed by atoms with Crippen molar-refractivity contribution in [1.29, 1.82) is 0 Å². The van der Waals surface area contributed by atoms with E-state index in [2.05, 4.69) is 38.0 Å². The van der Waals surface area contributed by atoms with Crippen LogP contribution in [0.2, 0.25) is 0 Å². The number of hydrogen-bond acceptors (Lipinski definition) is 6. The maximum absolute atomic E-state index is 5.62. The lowest BCUT2D eigenvalue weighted by Gasteiger charge is -2.12. The minimum Gasteiger partial charge on any atom is -0.493 e. The second-order valence-corrected chi connectivity index (χ2v) is 7.12. The molecule has 1 N–H and O–H groups in total. The fraction of sp³-hybridized carbons (Fsp3) is 0.100. The molecule has 0 radical (unpaired) electrons. The predicted molar refractivity (Wildman–Crippen MR) is 115 cm³/mol. The molecule has 0 atom stereocenters. The first-order valence-corrected chi connectivity index (χ1v) is 9.79. The number of rotatable bonds is 8. The van der Waals surface area contributed by atoms with Crippen molar-refractivity contribution in [1.82, 2.24) is 4.98 Å². The molecule has 0 aliphatic heterocycles. The number of ether oxygens (including phenoxy) is 2. The molecule has 1 aromatic heterocycles. The SMILES string of the molecule is C=CCOc1c(Br)cc(C=NNc2nc(-c3ccccc3)cs2)cc1OC. The Kier molecular flexibility index (Phi) is 6.62. The third-order valence-electron chi connectivity index (χ3n) is 3.54. The molecule has 3 aromatic rings. The van der Waals surface area contributed by atoms with E-state index in [1.54, 1.807) is 19.4 Å². The summed E-state index contributed by atoms with van der Waals surface area (Å²) >= 11 is 5.01. The van der Waals surface area contributed by atoms with Crippen LogP contribution in [-0.4, -0.2) is 24.9 Å². The van der Waals surface area contributed by atoms with E-state index in [9.17, 15) is 0 Å². The number of thiazole rings is 1. The normalized spacial score (nSPS) is 10.7. The lowest BCUT2D eigenvalue weighted by Crippen LogP contribution is -1.99. The van der Waals surface area contributed by atoms with Crippen molar-refractivity contribution in [2.75, 3.05) is 19.1 Å². The highest BCUT2D eigenvalue weighted by Crippen LogP contribution is 2.36. The van der Waals surface area contributed by atoms with Crippen molar-refractivity contribution in [3.05, 3.63) is 70.5 Å². The number of nitrogens with zero attached hydrogens (tertiary/aromatic N) is 2. The maximum Gasteiger partial charge on any atom is 0.203 e. The molecule has 27 heavy (non-hydrogen) atoms. The van der Waals surface area contributed by atoms with Gasteiger partial charge in [0.1, 0.15) is 6.61 Å². The van der Waals surface area contributed by atoms with Gasteiger partial charge in [-0.25, -0.2) is 4.98 Å². The van der Waals surface area contributed by atoms with Crippen LogP contribution in [0.4, 0.5) is 5.13 Å². The van der Waals surface area contributed by atoms with Crippen molar-refractivity contribution >= 4 is 38.6 Å². The predicted octanol–water partition coefficient (Wildman–Crippen LogP) is 5.59. The summed E-state index contributed by atoms with van der Waals surface area (Å²) in [7, 11) is 1.60. The van der Waals surface area contributed by atoms with Crippen LogP contribution < -0.4 is 14.9 Å². The van der Waals surface area contributed by atoms with Gasteiger partial charge in [-0.05, 0) is 33.6 Å². The highest BCUT2D eigenvalue weighted by Gasteiger charge is 2.10. The zero-order chi connectivity index (χ0) is 19.1. The molecule has 138 valence electrons. The summed E-state index contributed by atoms with van der Waals surface area (Å²) in [4.78, 5) is 4.54. The summed E-state index contributed by atoms with van der Waals surface area (Å²) < 4.78 is 11.8. The summed E-state index contributed by atoms with van der Waals surface area (Å²) in [6, 6.07) is 13.8. The van der Waals surface area contributed by atoms with Gasteiger partial charge in [-0.1, -0.05) is 43.0 Å². The van der Waals surface area contributed by atoms with E-state index < -0.39 is 0 Å². The molecule has 0 fully saturated rings. The number of halogens is 1. The summed E-state index contributed by atoms with van der Waals surface area (Å²) in [6.07, 6.45) is 3.39. The van der Waals surface area contributed by atoms with Gasteiger partial charge < -0.3 is 9.47 Å². The van der Waals surface area contributed by atoms with E-state index in [0.29, 0.717) is 18.1 Å². The van der Waals surface area contributed by atoms with Crippen molar-refractivity contribution < 1.29 is 9.47 Å². The molecular formula is C20H18BrN3O2S. The fourth-order valence-electron chi connectivity index (χ4n) is 2.33. The number of methoxy groups -OCH3 is 1. The molecule has 0 amide bonds. The molecule has 0 bridgehead atoms. The molecule has 0 saturated heterocycles. The molecular weight excluding hydrogens is 426 g/mol. The lowest BCUT2D eigenvalue weighted by atomic mass is 10.2. The van der Waals surface area contributed by atoms with Gasteiger partial charge in [-0.15, -0.1) is 11.3 Å². The zero-order valence-corrected chi connectivity index (χ0v) is 17.1. The summed E-state index contributed by atoms with van der Waals surface area (Å²) in [5, 5.41) is 6.99. The Morgan fingerprint density at radius 2 is 2.11 bits per heavy atom. The van der Waals surface area contributed by atoms with Gasteiger partial charge in [0.05, 0.1) is 23.5 Å². The Morgan fingerprint density at radius 1 is 1.30 bits per heavy atom. The Balaban J connectivity index is 1.70. The molecule has 3 rings (SSSR count). The Labute approximate surface area is 170 Å². The molecule has 0 unspecified atom stereocenters. The third-order valence-corrected chi connectivity index (χ3v) is 4.88. The van der Waals surface area contributed by atoms with Gasteiger partial charge in [0.25, 0.3) is 0 Å². The van der Waals surface area contributed by atoms with Crippen molar-refractivity contribution in [3.8, 4) is 22.8 Å². The monoisotopic (exact) mass is 443 g/mol. The van der Waals surface area contributed by atoms with Crippen LogP contribution in [0.25, 0.3) is 11.3 Å². The number of hydrazone groups is 1. The third kappa shape index (κ3) is 4.96. The highest BCUT2D eigenvalue weighted by molar-refractivity contribution is 9.10. The van der Waals surface area contributed by atoms with E-state index in [0.717, 1.165) is 26.4 Å². The lowest BCUT2D eigenvalue weighted by molar-refractivity contribution is 0.324. The average Bonchev–Trinajstić information content (AvgIpc) is 3.16. The summed E-state index contributed by atoms with van der Waals surface area (Å²) in [5.41, 5.74) is 5.82. The average molecular weight is 444 g/mol. The van der Waals surface area contributed by atoms with E-state index in [-0.39, 0.29) is 0 Å². The Hall–Kier alpha value is -2.64. The van der Waals surface area contributed by atoms with Crippen LogP contribution in [0.1, 0.15) is 5.56 Å². The number of nitrogens with one attached hydrogen (secondary N) is 1. The van der Waals surface area contributed by atoms with Crippen molar-refractivity contribution in [2.45, 2.75) is 0 Å². The van der Waals surface area contributed by atoms with Crippen LogP contribution in [0.15, 0.2) is 70.1 Å². The van der Waals surface area contributed by atoms with Crippen molar-refractivity contribution in [2.24, 2.45) is 5.10 Å². The van der Waals surface area contributed by atoms with Gasteiger partial charge in [-0.3, -0.25) is 5.43 Å². The first-order chi connectivity index (χ1) is 13.2. The molecule has 0 saturated carbocycles. The van der Waals surface area contributed by atoms with Crippen molar-refractivity contribution in [3.63, 3.8) is 0 Å². The first kappa shape index (κ1) is 19.1. The van der Waals surface area contributed by atoms with Crippen LogP contribution >= 0.6 is 27.3 Å². The smallest absolute Gasteiger partial charge is 0.203 e. The molecule has 0 spiro atoms. The minimum atomic E-state index is 0.401. The maximum atomic E-state index is 5.62. The standard InChI is InChI=1S/C20H18BrN3O2S/c1-3-9-26-19-16(21)10-14(11-18(19)25-2)12-22-24-20-23-17(13-27-20)15-7-5-4-6-8-15/h3-8,10-13H,1,9H2,2H3,(H,23,24). The van der Waals surface area contributed by atoms with Gasteiger partial charge in [0.2, 0.25) is 5.13 Å². The quantitative estimate of drug-likeness (QED) is 0.280. The topological polar surface area (TPSA) is 55.7 Å². The molecule has 2 aromatic carbocycles. The second-order valence-electron chi connectivity index (χ2n) is 5.41. The van der Waals surface area contributed by atoms with Crippen LogP contribution in [0.3, 0.4) is 0 Å². The Bertz CT molecular complexity index is 942. The second kappa shape index (κ2) is 9.34. The molecule has 0 aliphatic carbocycles. The number of anilines is 1. The molecule has 7 heteroatoms. The zero-order valence-electron chi connectivity index (χ0n) is 14.7. The molecule has 1 heterocycles. The Morgan fingerprint density at radius 3 is 2.85 bits per heavy atom. The van der Waals surface area contributed by atoms with E-state index in [1.807, 2.05) is 47.8 Å². The first-order valence-electron chi connectivity index (χ1n) is 8.12. The fourth-order valence-corrected chi connectivity index (χ4v) is 3.57. The number of hydrogen-bond donors (Lipinski definition) is 1. The molecule has 0 aliphatic rings. The van der Waals surface area contributed by atoms with Gasteiger partial charge >= 0.3 is 0 Å². The summed E-state index contributed by atoms with van der Waals surface area (Å²) in [5.74, 6) is 1.25. The van der Waals surface area contributed by atoms with Gasteiger partial charge in [0, 0.05) is 10.9 Å². The van der Waals surface area contributed by atoms with E-state index >= 15 is 0 Å². The van der Waals surface area contributed by atoms with Crippen LogP contribution in [0, 0.1) is 0 Å². The number of benzene rings is 2. The van der Waals surface area contributed by atoms with Crippen LogP contribution in [0.5, 0.6) is 11.5 Å². The highest BCUT2D eigenvalue weighted by atomic mass is 79.9. The summed E-state index contributed by atoms with van der Waals surface area (Å²) in [6.45, 7) is 4.05.